The third kappa shape index (κ3) is 30.4. The van der Waals surface area contributed by atoms with Crippen molar-refractivity contribution in [3.8, 4) is 0 Å². The van der Waals surface area contributed by atoms with Crippen LogP contribution in [0.25, 0.3) is 71.2 Å². The number of amides is 8. The van der Waals surface area contributed by atoms with Crippen molar-refractivity contribution in [2.24, 2.45) is 5.73 Å². The Balaban J connectivity index is 0.000000385. The number of fused-ring (bicyclic) bond motifs is 5. The molecule has 11 N–H and O–H groups in total. The lowest BCUT2D eigenvalue weighted by Gasteiger charge is -2.20. The van der Waals surface area contributed by atoms with Crippen LogP contribution in [0, 0.1) is 0 Å². The Bertz CT molecular complexity index is 5570. The lowest BCUT2D eigenvalue weighted by Crippen LogP contribution is -2.33. The minimum absolute atomic E-state index is 0. The Hall–Kier alpha value is -12.2. The number of alkyl carbamates (subject to hydrolysis) is 1. The number of hydrogen-bond donors (Lipinski definition) is 10. The van der Waals surface area contributed by atoms with Crippen LogP contribution in [0.3, 0.4) is 0 Å². The van der Waals surface area contributed by atoms with E-state index in [2.05, 4.69) is 126 Å². The molecule has 0 saturated heterocycles. The molecule has 7 heterocycles. The molecule has 34 heteroatoms. The molecule has 28 nitrogen and oxygen atoms in total. The Morgan fingerprint density at radius 1 is 0.398 bits per heavy atom. The number of para-hydroxylation sites is 5. The van der Waals surface area contributed by atoms with Gasteiger partial charge in [-0.25, -0.2) is 24.7 Å². The maximum absolute atomic E-state index is 12.1. The first kappa shape index (κ1) is 105. The van der Waals surface area contributed by atoms with Gasteiger partial charge in [-0.05, 0) is 91.4 Å². The predicted molar refractivity (Wildman–Crippen MR) is 510 cm³/mol. The number of rotatable bonds is 20. The van der Waals surface area contributed by atoms with Gasteiger partial charge in [-0.3, -0.25) is 58.5 Å². The molecule has 5 aromatic carbocycles. The molecule has 123 heavy (non-hydrogen) atoms. The minimum Gasteiger partial charge on any atom is -0.444 e. The van der Waals surface area contributed by atoms with Gasteiger partial charge in [-0.2, -0.15) is 40.5 Å². The van der Waals surface area contributed by atoms with E-state index in [1.807, 2.05) is 105 Å². The normalized spacial score (nSPS) is 10.6. The second-order valence-electron chi connectivity index (χ2n) is 27.1. The summed E-state index contributed by atoms with van der Waals surface area (Å²) in [5.41, 5.74) is 18.6. The molecule has 0 radical (unpaired) electrons. The van der Waals surface area contributed by atoms with Gasteiger partial charge in [-0.15, -0.1) is 0 Å². The number of aromatic nitrogens is 9. The number of hydrogen-bond acceptors (Lipinski definition) is 20. The second-order valence-corrected chi connectivity index (χ2v) is 28.2. The van der Waals surface area contributed by atoms with E-state index in [1.165, 1.54) is 32.6 Å². The first-order valence-electron chi connectivity index (χ1n) is 37.9. The molecule has 12 rings (SSSR count). The largest absolute Gasteiger partial charge is 0.444 e. The van der Waals surface area contributed by atoms with Crippen molar-refractivity contribution in [3.05, 3.63) is 268 Å². The van der Waals surface area contributed by atoms with Crippen molar-refractivity contribution >= 4 is 200 Å². The van der Waals surface area contributed by atoms with Crippen LogP contribution in [0.15, 0.2) is 197 Å². The van der Waals surface area contributed by atoms with Crippen LogP contribution in [0.2, 0.25) is 15.5 Å². The molecular weight excluding hydrogens is 1680 g/mol. The van der Waals surface area contributed by atoms with Gasteiger partial charge in [0.1, 0.15) is 39.5 Å². The molecule has 650 valence electrons. The van der Waals surface area contributed by atoms with Gasteiger partial charge in [0.2, 0.25) is 11.8 Å². The first-order valence-corrected chi connectivity index (χ1v) is 39.1. The minimum atomic E-state index is -0.561. The fourth-order valence-corrected chi connectivity index (χ4v) is 12.2. The molecule has 0 saturated carbocycles. The summed E-state index contributed by atoms with van der Waals surface area (Å²) in [5, 5.41) is 29.6. The third-order valence-corrected chi connectivity index (χ3v) is 18.2. The highest BCUT2D eigenvalue weighted by molar-refractivity contribution is 7.59. The highest BCUT2D eigenvalue weighted by Gasteiger charge is 2.21. The Labute approximate surface area is 751 Å². The van der Waals surface area contributed by atoms with Crippen molar-refractivity contribution < 1.29 is 43.1 Å². The van der Waals surface area contributed by atoms with Crippen LogP contribution >= 0.6 is 75.3 Å². The molecule has 0 aliphatic rings. The van der Waals surface area contributed by atoms with E-state index in [1.54, 1.807) is 123 Å². The average molecular weight is 1790 g/mol. The number of halogens is 3. The van der Waals surface area contributed by atoms with E-state index in [9.17, 15) is 38.4 Å². The van der Waals surface area contributed by atoms with Crippen molar-refractivity contribution in [2.45, 2.75) is 79.8 Å². The summed E-state index contributed by atoms with van der Waals surface area (Å²) in [5.74, 6) is 0.106. The molecule has 7 aromatic heterocycles. The highest BCUT2D eigenvalue weighted by atomic mass is 35.5. The number of ether oxygens (including phenoxy) is 1. The highest BCUT2D eigenvalue weighted by Crippen LogP contribution is 2.31. The standard InChI is InChI=1S/C19H23N3O3.C18H18ClN5O.2C16H17N3O2.C14H17N3O.C4H2Cl2N2.C2H6.3H2S/c1-12(11-22-18(24)25-19(2,3)4)13-7-6-8-14-15(17(23)20-5)9-10-21-16(13)14;1-11(9-22-16-8-15(19)23-10-24-16)12-4-3-5-13-14(18(25)20-2)6-7-21-17(12)13;2*1-10(9-19-11(2)20)12-5-4-6-13-14(16(21)17-3)7-8-18-15(12)13;1-9(8-15)10-4-3-5-11-12(14(18)16-2)6-7-17-13(10)11;5-3-1-4(6)8-2-7-3;1-2;;;/h6-10H,1,11H2,2-5H3,(H,20,23)(H,22,24);3-8,10-11H,9H2,1-2H3,(H,20,25)(H,22,23,24);2*4-8H,1,9H2,2-3H3,(H,17,21)(H,19,20);3-7,9H,8,15H2,1-2H3,(H,16,18);1-2H;1-2H3;3*1H2/t;11-;;;9-;;;;;/m.1..1...../s1. The molecule has 0 fully saturated rings. The number of nitrogens with one attached hydrogen (secondary N) is 9. The molecule has 0 aliphatic heterocycles. The third-order valence-electron chi connectivity index (χ3n) is 17.6. The molecule has 0 spiro atoms. The Morgan fingerprint density at radius 3 is 0.967 bits per heavy atom. The van der Waals surface area contributed by atoms with Gasteiger partial charge < -0.3 is 58.3 Å². The zero-order chi connectivity index (χ0) is 88.3. The molecule has 0 bridgehead atoms. The van der Waals surface area contributed by atoms with Crippen LogP contribution in [-0.4, -0.2) is 166 Å². The maximum atomic E-state index is 12.1. The fraction of sp³-hybridized carbons (Fsp3) is 0.247. The monoisotopic (exact) mass is 1790 g/mol. The van der Waals surface area contributed by atoms with Crippen molar-refractivity contribution in [1.29, 1.82) is 0 Å². The van der Waals surface area contributed by atoms with Gasteiger partial charge in [0.15, 0.2) is 0 Å². The van der Waals surface area contributed by atoms with Gasteiger partial charge in [0.05, 0.1) is 55.4 Å². The van der Waals surface area contributed by atoms with Crippen LogP contribution < -0.4 is 53.6 Å². The summed E-state index contributed by atoms with van der Waals surface area (Å²) >= 11 is 16.7. The zero-order valence-corrected chi connectivity index (χ0v) is 76.2. The SMILES string of the molecule is C=C(CNC(=O)OC(C)(C)C)c1cccc2c(C(=O)NC)ccnc12.C=C(CNC(C)=O)c1cccc2c(C(=O)NC)ccnc12.C=C(CNC(C)=O)c1cccc2c(C(=O)NC)ccnc12.CC.CNC(=O)c1ccnc2c([C@H](C)CN)cccc12.CNC(=O)c1ccnc2c([C@H](C)CNc3cc(Cl)ncn3)cccc12.Clc1cc(Cl)ncn1.S.S.S. The molecular formula is C89H106Cl3N19O9S3. The fourth-order valence-electron chi connectivity index (χ4n) is 11.7. The van der Waals surface area contributed by atoms with E-state index >= 15 is 0 Å². The average Bonchev–Trinajstić information content (AvgIpc) is 0.818. The Morgan fingerprint density at radius 2 is 0.683 bits per heavy atom. The van der Waals surface area contributed by atoms with Crippen LogP contribution in [0.1, 0.15) is 154 Å². The predicted octanol–water partition coefficient (Wildman–Crippen LogP) is 14.7. The number of nitrogens with zero attached hydrogens (tertiary/aromatic N) is 9. The summed E-state index contributed by atoms with van der Waals surface area (Å²) in [4.78, 5) is 131. The first-order chi connectivity index (χ1) is 57.4. The second kappa shape index (κ2) is 52.2. The smallest absolute Gasteiger partial charge is 0.407 e. The van der Waals surface area contributed by atoms with Crippen molar-refractivity contribution in [2.75, 3.05) is 73.3 Å². The van der Waals surface area contributed by atoms with Gasteiger partial charge in [0, 0.05) is 168 Å². The van der Waals surface area contributed by atoms with E-state index in [0.29, 0.717) is 97.4 Å². The lowest BCUT2D eigenvalue weighted by atomic mass is 9.96. The van der Waals surface area contributed by atoms with Crippen molar-refractivity contribution in [1.82, 2.24) is 87.4 Å². The van der Waals surface area contributed by atoms with Gasteiger partial charge in [0.25, 0.3) is 29.5 Å². The Kier molecular flexibility index (Phi) is 44.5. The summed E-state index contributed by atoms with van der Waals surface area (Å²) in [6, 6.07) is 40.1. The summed E-state index contributed by atoms with van der Waals surface area (Å²) in [6.45, 7) is 30.6. The van der Waals surface area contributed by atoms with Crippen molar-refractivity contribution in [3.63, 3.8) is 0 Å². The van der Waals surface area contributed by atoms with E-state index in [0.717, 1.165) is 76.9 Å². The number of anilines is 1. The quantitative estimate of drug-likeness (QED) is 0.0317. The maximum Gasteiger partial charge on any atom is 0.407 e. The molecule has 12 aromatic rings. The zero-order valence-electron chi connectivity index (χ0n) is 71.0. The summed E-state index contributed by atoms with van der Waals surface area (Å²) < 4.78 is 5.22. The van der Waals surface area contributed by atoms with Crippen LogP contribution in [0.4, 0.5) is 10.6 Å². The number of pyridine rings is 5. The molecule has 2 atom stereocenters. The number of benzene rings is 5. The number of carbonyl (C=O) groups is 8. The van der Waals surface area contributed by atoms with Gasteiger partial charge >= 0.3 is 6.09 Å². The topological polar surface area (TPSA) is 396 Å². The van der Waals surface area contributed by atoms with Crippen LogP contribution in [0.5, 0.6) is 0 Å². The van der Waals surface area contributed by atoms with Crippen LogP contribution in [-0.2, 0) is 14.3 Å². The molecule has 0 unspecified atom stereocenters. The number of carbonyl (C=O) groups excluding carboxylic acids is 8. The van der Waals surface area contributed by atoms with E-state index < -0.39 is 11.7 Å². The summed E-state index contributed by atoms with van der Waals surface area (Å²) in [6.07, 6.45) is 10.3. The lowest BCUT2D eigenvalue weighted by molar-refractivity contribution is -0.119. The molecule has 8 amide bonds. The van der Waals surface area contributed by atoms with Gasteiger partial charge in [-0.1, -0.05) is 173 Å². The van der Waals surface area contributed by atoms with E-state index in [4.69, 9.17) is 45.3 Å². The van der Waals surface area contributed by atoms with E-state index in [-0.39, 0.29) is 100 Å². The number of nitrogens with two attached hydrogens (primary N) is 1. The summed E-state index contributed by atoms with van der Waals surface area (Å²) in [7, 11) is 8.02. The molecule has 0 aliphatic carbocycles.